The standard InChI is InChI=1S/C17H28N4O2/c1-11(2)17(23)20-9-15(10-20)16(22)18-7-12(3)8-21-14(5)6-13(4)19-21/h6,11-12,15H,7-10H2,1-5H3,(H,18,22). The Morgan fingerprint density at radius 1 is 1.30 bits per heavy atom. The highest BCUT2D eigenvalue weighted by Gasteiger charge is 2.36. The molecule has 0 spiro atoms. The zero-order valence-electron chi connectivity index (χ0n) is 14.8. The molecule has 1 aliphatic heterocycles. The molecule has 128 valence electrons. The number of aromatic nitrogens is 2. The average Bonchev–Trinajstić information content (AvgIpc) is 2.72. The number of likely N-dealkylation sites (tertiary alicyclic amines) is 1. The predicted octanol–water partition coefficient (Wildman–Crippen LogP) is 1.37. The van der Waals surface area contributed by atoms with E-state index in [1.165, 1.54) is 0 Å². The molecular weight excluding hydrogens is 292 g/mol. The minimum absolute atomic E-state index is 0.000185. The first-order valence-electron chi connectivity index (χ1n) is 8.35. The van der Waals surface area contributed by atoms with Gasteiger partial charge >= 0.3 is 0 Å². The van der Waals surface area contributed by atoms with Crippen molar-refractivity contribution in [2.24, 2.45) is 17.8 Å². The second-order valence-electron chi connectivity index (χ2n) is 7.05. The molecule has 0 bridgehead atoms. The van der Waals surface area contributed by atoms with Crippen LogP contribution in [-0.4, -0.2) is 46.1 Å². The van der Waals surface area contributed by atoms with Gasteiger partial charge in [-0.1, -0.05) is 20.8 Å². The molecule has 1 aromatic rings. The molecule has 0 aromatic carbocycles. The quantitative estimate of drug-likeness (QED) is 0.861. The number of nitrogens with zero attached hydrogens (tertiary/aromatic N) is 3. The Hall–Kier alpha value is -1.85. The number of amides is 2. The molecule has 1 atom stereocenters. The highest BCUT2D eigenvalue weighted by Crippen LogP contribution is 2.18. The SMILES string of the molecule is Cc1cc(C)n(CC(C)CNC(=O)C2CN(C(=O)C(C)C)C2)n1. The molecule has 6 nitrogen and oxygen atoms in total. The monoisotopic (exact) mass is 320 g/mol. The Morgan fingerprint density at radius 3 is 2.48 bits per heavy atom. The van der Waals surface area contributed by atoms with Gasteiger partial charge in [-0.3, -0.25) is 14.3 Å². The summed E-state index contributed by atoms with van der Waals surface area (Å²) in [5, 5.41) is 7.45. The van der Waals surface area contributed by atoms with Crippen LogP contribution in [-0.2, 0) is 16.1 Å². The smallest absolute Gasteiger partial charge is 0.226 e. The molecule has 1 aliphatic rings. The average molecular weight is 320 g/mol. The van der Waals surface area contributed by atoms with Crippen LogP contribution in [0.3, 0.4) is 0 Å². The molecule has 1 fully saturated rings. The van der Waals surface area contributed by atoms with Crippen molar-refractivity contribution in [3.63, 3.8) is 0 Å². The van der Waals surface area contributed by atoms with Crippen molar-refractivity contribution in [1.82, 2.24) is 20.0 Å². The molecule has 2 amide bonds. The largest absolute Gasteiger partial charge is 0.355 e. The summed E-state index contributed by atoms with van der Waals surface area (Å²) in [4.78, 5) is 25.7. The molecule has 1 N–H and O–H groups in total. The van der Waals surface area contributed by atoms with E-state index in [4.69, 9.17) is 0 Å². The summed E-state index contributed by atoms with van der Waals surface area (Å²) in [7, 11) is 0. The lowest BCUT2D eigenvalue weighted by Crippen LogP contribution is -2.57. The number of rotatable bonds is 6. The Balaban J connectivity index is 1.71. The number of carbonyl (C=O) groups excluding carboxylic acids is 2. The summed E-state index contributed by atoms with van der Waals surface area (Å²) < 4.78 is 1.98. The van der Waals surface area contributed by atoms with Gasteiger partial charge in [0, 0.05) is 37.8 Å². The lowest BCUT2D eigenvalue weighted by Gasteiger charge is -2.39. The molecule has 1 unspecified atom stereocenters. The van der Waals surface area contributed by atoms with Crippen LogP contribution in [0.25, 0.3) is 0 Å². The summed E-state index contributed by atoms with van der Waals surface area (Å²) in [6.07, 6.45) is 0. The molecule has 23 heavy (non-hydrogen) atoms. The molecular formula is C17H28N4O2. The van der Waals surface area contributed by atoms with Crippen LogP contribution in [0.5, 0.6) is 0 Å². The highest BCUT2D eigenvalue weighted by atomic mass is 16.2. The van der Waals surface area contributed by atoms with E-state index in [9.17, 15) is 9.59 Å². The normalized spacial score (nSPS) is 16.3. The third kappa shape index (κ3) is 4.33. The summed E-state index contributed by atoms with van der Waals surface area (Å²) in [6, 6.07) is 2.06. The fourth-order valence-electron chi connectivity index (χ4n) is 2.83. The Bertz CT molecular complexity index is 573. The van der Waals surface area contributed by atoms with Gasteiger partial charge in [-0.15, -0.1) is 0 Å². The molecule has 6 heteroatoms. The molecule has 2 heterocycles. The van der Waals surface area contributed by atoms with E-state index in [0.29, 0.717) is 25.6 Å². The Labute approximate surface area is 138 Å². The maximum absolute atomic E-state index is 12.1. The summed E-state index contributed by atoms with van der Waals surface area (Å²) in [6.45, 7) is 12.4. The lowest BCUT2D eigenvalue weighted by molar-refractivity contribution is -0.145. The number of hydrogen-bond acceptors (Lipinski definition) is 3. The van der Waals surface area contributed by atoms with E-state index in [1.54, 1.807) is 4.90 Å². The number of carbonyl (C=O) groups is 2. The Kier molecular flexibility index (Phi) is 5.44. The van der Waals surface area contributed by atoms with Crippen molar-refractivity contribution >= 4 is 11.8 Å². The van der Waals surface area contributed by atoms with Crippen LogP contribution in [0.1, 0.15) is 32.2 Å². The van der Waals surface area contributed by atoms with Crippen LogP contribution < -0.4 is 5.32 Å². The second kappa shape index (κ2) is 7.15. The Morgan fingerprint density at radius 2 is 1.96 bits per heavy atom. The number of aryl methyl sites for hydroxylation is 2. The van der Waals surface area contributed by atoms with E-state index in [0.717, 1.165) is 17.9 Å². The molecule has 0 radical (unpaired) electrons. The van der Waals surface area contributed by atoms with E-state index < -0.39 is 0 Å². The van der Waals surface area contributed by atoms with Gasteiger partial charge in [0.25, 0.3) is 0 Å². The van der Waals surface area contributed by atoms with Crippen LogP contribution in [0.2, 0.25) is 0 Å². The van der Waals surface area contributed by atoms with Gasteiger partial charge in [-0.25, -0.2) is 0 Å². The van der Waals surface area contributed by atoms with Gasteiger partial charge in [0.05, 0.1) is 11.6 Å². The van der Waals surface area contributed by atoms with E-state index in [1.807, 2.05) is 32.4 Å². The van der Waals surface area contributed by atoms with Crippen molar-refractivity contribution < 1.29 is 9.59 Å². The van der Waals surface area contributed by atoms with Gasteiger partial charge < -0.3 is 10.2 Å². The first-order valence-corrected chi connectivity index (χ1v) is 8.35. The lowest BCUT2D eigenvalue weighted by atomic mass is 9.97. The van der Waals surface area contributed by atoms with Crippen molar-refractivity contribution in [2.45, 2.75) is 41.2 Å². The predicted molar refractivity (Wildman–Crippen MR) is 88.8 cm³/mol. The van der Waals surface area contributed by atoms with Gasteiger partial charge in [-0.05, 0) is 25.8 Å². The van der Waals surface area contributed by atoms with Crippen LogP contribution in [0, 0.1) is 31.6 Å². The van der Waals surface area contributed by atoms with Gasteiger partial charge in [-0.2, -0.15) is 5.10 Å². The molecule has 1 aromatic heterocycles. The second-order valence-corrected chi connectivity index (χ2v) is 7.05. The first-order chi connectivity index (χ1) is 10.8. The highest BCUT2D eigenvalue weighted by molar-refractivity contribution is 5.85. The third-order valence-corrected chi connectivity index (χ3v) is 4.27. The summed E-state index contributed by atoms with van der Waals surface area (Å²) in [5.41, 5.74) is 2.16. The topological polar surface area (TPSA) is 67.2 Å². The van der Waals surface area contributed by atoms with Crippen molar-refractivity contribution in [3.05, 3.63) is 17.5 Å². The van der Waals surface area contributed by atoms with Crippen LogP contribution in [0.15, 0.2) is 6.07 Å². The van der Waals surface area contributed by atoms with Crippen molar-refractivity contribution in [1.29, 1.82) is 0 Å². The van der Waals surface area contributed by atoms with Crippen LogP contribution >= 0.6 is 0 Å². The van der Waals surface area contributed by atoms with Gasteiger partial charge in [0.2, 0.25) is 11.8 Å². The zero-order valence-corrected chi connectivity index (χ0v) is 14.8. The maximum atomic E-state index is 12.1. The van der Waals surface area contributed by atoms with Crippen molar-refractivity contribution in [2.75, 3.05) is 19.6 Å². The fourth-order valence-corrected chi connectivity index (χ4v) is 2.83. The maximum Gasteiger partial charge on any atom is 0.226 e. The van der Waals surface area contributed by atoms with Gasteiger partial charge in [0.15, 0.2) is 0 Å². The molecule has 2 rings (SSSR count). The molecule has 1 saturated heterocycles. The summed E-state index contributed by atoms with van der Waals surface area (Å²) >= 11 is 0. The minimum atomic E-state index is -0.0569. The van der Waals surface area contributed by atoms with E-state index in [2.05, 4.69) is 23.4 Å². The van der Waals surface area contributed by atoms with E-state index >= 15 is 0 Å². The van der Waals surface area contributed by atoms with Crippen molar-refractivity contribution in [3.8, 4) is 0 Å². The van der Waals surface area contributed by atoms with Gasteiger partial charge in [0.1, 0.15) is 0 Å². The first kappa shape index (κ1) is 17.5. The number of nitrogens with one attached hydrogen (secondary N) is 1. The van der Waals surface area contributed by atoms with E-state index in [-0.39, 0.29) is 23.7 Å². The molecule has 0 aliphatic carbocycles. The molecule has 0 saturated carbocycles. The fraction of sp³-hybridized carbons (Fsp3) is 0.706. The zero-order chi connectivity index (χ0) is 17.1. The van der Waals surface area contributed by atoms with Crippen LogP contribution in [0.4, 0.5) is 0 Å². The minimum Gasteiger partial charge on any atom is -0.355 e. The number of hydrogen-bond donors (Lipinski definition) is 1. The third-order valence-electron chi connectivity index (χ3n) is 4.27. The summed E-state index contributed by atoms with van der Waals surface area (Å²) in [5.74, 6) is 0.439.